The monoisotopic (exact) mass is 898 g/mol. The standard InChI is InChI=1S/C54H95N3O7/c1-37(2)20-19-21-38(3)44-25-26-45-43-24-23-41-36-42(29-32-53(41,12)46(43)30-33-54(44,45)13)62-48(59)28-27-47(58)57(35-31-40(5)56-50(61)64-52(9,10)11)34-18-16-14-15-17-22-39(4)55-49(60)63-51(6,7)8/h23,37-40,42-46H,14-22,24-36H2,1-13H3,(H,55,60)(H,56,61)/t38-,39?,40?,42+,43+,44-,45+,46+,53+,54-/m1/s1. The number of amides is 3. The van der Waals surface area contributed by atoms with Crippen molar-refractivity contribution in [1.82, 2.24) is 15.5 Å². The highest BCUT2D eigenvalue weighted by molar-refractivity contribution is 5.81. The number of nitrogens with zero attached hydrogens (tertiary/aromatic N) is 1. The van der Waals surface area contributed by atoms with Gasteiger partial charge < -0.3 is 29.7 Å². The van der Waals surface area contributed by atoms with E-state index < -0.39 is 17.3 Å². The Bertz CT molecular complexity index is 1550. The van der Waals surface area contributed by atoms with Gasteiger partial charge in [-0.2, -0.15) is 0 Å². The van der Waals surface area contributed by atoms with E-state index in [1.165, 1.54) is 56.9 Å². The van der Waals surface area contributed by atoms with Crippen LogP contribution in [0.3, 0.4) is 0 Å². The van der Waals surface area contributed by atoms with E-state index in [2.05, 4.69) is 51.3 Å². The molecule has 4 rings (SSSR count). The zero-order chi connectivity index (χ0) is 47.5. The molecule has 0 aromatic carbocycles. The summed E-state index contributed by atoms with van der Waals surface area (Å²) in [5, 5.41) is 5.82. The number of esters is 1. The number of alkyl carbamates (subject to hydrolysis) is 2. The zero-order valence-electron chi connectivity index (χ0n) is 43.1. The zero-order valence-corrected chi connectivity index (χ0v) is 43.1. The van der Waals surface area contributed by atoms with Crippen LogP contribution in [-0.4, -0.2) is 71.4 Å². The topological polar surface area (TPSA) is 123 Å². The van der Waals surface area contributed by atoms with Crippen molar-refractivity contribution in [2.45, 2.75) is 248 Å². The third kappa shape index (κ3) is 16.2. The molecule has 0 bridgehead atoms. The number of fused-ring (bicyclic) bond motifs is 5. The lowest BCUT2D eigenvalue weighted by atomic mass is 9.47. The summed E-state index contributed by atoms with van der Waals surface area (Å²) in [4.78, 5) is 53.5. The molecule has 0 spiro atoms. The lowest BCUT2D eigenvalue weighted by Gasteiger charge is -2.58. The van der Waals surface area contributed by atoms with Crippen LogP contribution in [0, 0.1) is 46.3 Å². The fourth-order valence-electron chi connectivity index (χ4n) is 12.5. The summed E-state index contributed by atoms with van der Waals surface area (Å²) in [6.07, 6.45) is 21.7. The Morgan fingerprint density at radius 3 is 1.97 bits per heavy atom. The van der Waals surface area contributed by atoms with Crippen molar-refractivity contribution in [2.24, 2.45) is 46.3 Å². The van der Waals surface area contributed by atoms with Crippen LogP contribution in [0.1, 0.15) is 218 Å². The van der Waals surface area contributed by atoms with E-state index in [1.54, 1.807) is 0 Å². The van der Waals surface area contributed by atoms with Gasteiger partial charge in [0.05, 0.1) is 6.42 Å². The fraction of sp³-hybridized carbons (Fsp3) is 0.889. The molecule has 0 radical (unpaired) electrons. The van der Waals surface area contributed by atoms with Gasteiger partial charge in [0.15, 0.2) is 0 Å². The molecule has 10 nitrogen and oxygen atoms in total. The molecule has 4 aliphatic carbocycles. The van der Waals surface area contributed by atoms with E-state index >= 15 is 0 Å². The number of rotatable bonds is 22. The molecule has 0 heterocycles. The first-order valence-corrected chi connectivity index (χ1v) is 26.1. The van der Waals surface area contributed by atoms with Crippen molar-refractivity contribution in [2.75, 3.05) is 13.1 Å². The molecule has 0 aliphatic heterocycles. The summed E-state index contributed by atoms with van der Waals surface area (Å²) in [5.41, 5.74) is 1.06. The van der Waals surface area contributed by atoms with Crippen molar-refractivity contribution in [1.29, 1.82) is 0 Å². The Kier molecular flexibility index (Phi) is 20.0. The molecule has 2 N–H and O–H groups in total. The van der Waals surface area contributed by atoms with Crippen LogP contribution in [0.4, 0.5) is 9.59 Å². The average molecular weight is 898 g/mol. The normalized spacial score (nSPS) is 28.1. The first-order chi connectivity index (χ1) is 29.9. The lowest BCUT2D eigenvalue weighted by Crippen LogP contribution is -2.51. The highest BCUT2D eigenvalue weighted by atomic mass is 16.6. The van der Waals surface area contributed by atoms with Crippen LogP contribution in [-0.2, 0) is 23.8 Å². The SMILES string of the molecule is CC(C)CCC[C@@H](C)[C@H]1CC[C@H]2[C@@H]3CC=C4C[C@@H](OC(=O)CCC(=O)N(CCCCCCCC(C)NC(=O)OC(C)(C)C)CCC(C)NC(=O)OC(C)(C)C)CC[C@]4(C)[C@H]3CC[C@]12C. The number of unbranched alkanes of at least 4 members (excludes halogenated alkanes) is 4. The molecule has 10 atom stereocenters. The summed E-state index contributed by atoms with van der Waals surface area (Å²) in [6.45, 7) is 28.5. The summed E-state index contributed by atoms with van der Waals surface area (Å²) >= 11 is 0. The van der Waals surface area contributed by atoms with Crippen molar-refractivity contribution in [3.05, 3.63) is 11.6 Å². The third-order valence-electron chi connectivity index (χ3n) is 15.9. The molecule has 0 aromatic heterocycles. The van der Waals surface area contributed by atoms with E-state index in [-0.39, 0.29) is 54.4 Å². The Morgan fingerprint density at radius 1 is 0.703 bits per heavy atom. The molecule has 0 saturated heterocycles. The lowest BCUT2D eigenvalue weighted by molar-refractivity contribution is -0.153. The van der Waals surface area contributed by atoms with Gasteiger partial charge in [0.1, 0.15) is 17.3 Å². The Hall–Kier alpha value is -2.78. The summed E-state index contributed by atoms with van der Waals surface area (Å²) in [7, 11) is 0. The Balaban J connectivity index is 1.25. The van der Waals surface area contributed by atoms with Crippen LogP contribution in [0.15, 0.2) is 11.6 Å². The molecule has 10 heteroatoms. The number of nitrogens with one attached hydrogen (secondary N) is 2. The summed E-state index contributed by atoms with van der Waals surface area (Å²) in [5.74, 6) is 4.45. The minimum absolute atomic E-state index is 0.0353. The first kappa shape index (κ1) is 53.8. The average Bonchev–Trinajstić information content (AvgIpc) is 3.53. The highest BCUT2D eigenvalue weighted by Crippen LogP contribution is 2.67. The number of hydrogen-bond acceptors (Lipinski definition) is 7. The Labute approximate surface area is 390 Å². The molecular formula is C54H95N3O7. The van der Waals surface area contributed by atoms with Crippen LogP contribution >= 0.6 is 0 Å². The second-order valence-electron chi connectivity index (χ2n) is 24.0. The molecule has 3 saturated carbocycles. The van der Waals surface area contributed by atoms with Gasteiger partial charge in [-0.15, -0.1) is 0 Å². The first-order valence-electron chi connectivity index (χ1n) is 26.1. The maximum absolute atomic E-state index is 13.7. The third-order valence-corrected chi connectivity index (χ3v) is 15.9. The molecular weight excluding hydrogens is 803 g/mol. The predicted octanol–water partition coefficient (Wildman–Crippen LogP) is 13.1. The quantitative estimate of drug-likeness (QED) is 0.0480. The van der Waals surface area contributed by atoms with Crippen molar-refractivity contribution >= 4 is 24.1 Å². The fourth-order valence-corrected chi connectivity index (χ4v) is 12.5. The molecule has 0 aromatic rings. The number of carbonyl (C=O) groups is 4. The Morgan fingerprint density at radius 2 is 1.33 bits per heavy atom. The molecule has 64 heavy (non-hydrogen) atoms. The van der Waals surface area contributed by atoms with Gasteiger partial charge in [-0.3, -0.25) is 9.59 Å². The van der Waals surface area contributed by atoms with Crippen LogP contribution in [0.5, 0.6) is 0 Å². The van der Waals surface area contributed by atoms with Crippen molar-refractivity contribution in [3.63, 3.8) is 0 Å². The second-order valence-corrected chi connectivity index (χ2v) is 24.0. The smallest absolute Gasteiger partial charge is 0.407 e. The van der Waals surface area contributed by atoms with E-state index in [9.17, 15) is 19.2 Å². The number of hydrogen-bond donors (Lipinski definition) is 2. The minimum Gasteiger partial charge on any atom is -0.462 e. The van der Waals surface area contributed by atoms with Crippen LogP contribution in [0.2, 0.25) is 0 Å². The molecule has 2 unspecified atom stereocenters. The van der Waals surface area contributed by atoms with E-state index in [1.807, 2.05) is 60.3 Å². The molecule has 368 valence electrons. The number of allylic oxidation sites excluding steroid dienone is 1. The van der Waals surface area contributed by atoms with E-state index in [0.717, 1.165) is 93.3 Å². The van der Waals surface area contributed by atoms with Crippen molar-refractivity contribution < 1.29 is 33.4 Å². The van der Waals surface area contributed by atoms with Gasteiger partial charge >= 0.3 is 18.2 Å². The van der Waals surface area contributed by atoms with E-state index in [4.69, 9.17) is 14.2 Å². The number of ether oxygens (including phenoxy) is 3. The van der Waals surface area contributed by atoms with Crippen LogP contribution in [0.25, 0.3) is 0 Å². The second kappa shape index (κ2) is 23.8. The number of carbonyl (C=O) groups excluding carboxylic acids is 4. The van der Waals surface area contributed by atoms with Gasteiger partial charge in [0.25, 0.3) is 0 Å². The van der Waals surface area contributed by atoms with Gasteiger partial charge in [-0.05, 0) is 166 Å². The largest absolute Gasteiger partial charge is 0.462 e. The van der Waals surface area contributed by atoms with Gasteiger partial charge in [0.2, 0.25) is 5.91 Å². The predicted molar refractivity (Wildman–Crippen MR) is 259 cm³/mol. The maximum atomic E-state index is 13.7. The van der Waals surface area contributed by atoms with E-state index in [0.29, 0.717) is 24.9 Å². The van der Waals surface area contributed by atoms with Gasteiger partial charge in [-0.25, -0.2) is 9.59 Å². The summed E-state index contributed by atoms with van der Waals surface area (Å²) in [6, 6.07) is -0.151. The van der Waals surface area contributed by atoms with Crippen LogP contribution < -0.4 is 10.6 Å². The minimum atomic E-state index is -0.594. The van der Waals surface area contributed by atoms with Gasteiger partial charge in [0, 0.05) is 38.0 Å². The maximum Gasteiger partial charge on any atom is 0.407 e. The summed E-state index contributed by atoms with van der Waals surface area (Å²) < 4.78 is 17.0. The molecule has 4 aliphatic rings. The highest BCUT2D eigenvalue weighted by Gasteiger charge is 2.59. The molecule has 3 fully saturated rings. The molecule has 3 amide bonds. The van der Waals surface area contributed by atoms with Gasteiger partial charge in [-0.1, -0.05) is 91.2 Å². The van der Waals surface area contributed by atoms with Crippen molar-refractivity contribution in [3.8, 4) is 0 Å².